The van der Waals surface area contributed by atoms with Crippen LogP contribution in [0.1, 0.15) is 239 Å². The number of carbonyl (C=O) groups excluding carboxylic acids is 4. The second kappa shape index (κ2) is 32.2. The number of rotatable bonds is 16. The molecule has 0 spiro atoms. The number of nitrogens with two attached hydrogens (primary N) is 3. The number of aryl methyl sites for hydroxylation is 4. The molecular weight excluding hydrogens is 1620 g/mol. The Morgan fingerprint density at radius 1 is 0.408 bits per heavy atom. The number of aromatic nitrogens is 8. The zero-order valence-corrected chi connectivity index (χ0v) is 78.2. The normalized spacial score (nSPS) is 30.2. The van der Waals surface area contributed by atoms with E-state index in [4.69, 9.17) is 75.5 Å². The predicted molar refractivity (Wildman–Crippen MR) is 450 cm³/mol. The van der Waals surface area contributed by atoms with E-state index in [9.17, 15) is 57.5 Å². The van der Waals surface area contributed by atoms with E-state index in [1.807, 2.05) is 104 Å². The van der Waals surface area contributed by atoms with Crippen molar-refractivity contribution >= 4 is 67.4 Å². The minimum atomic E-state index is -4.59. The summed E-state index contributed by atoms with van der Waals surface area (Å²) in [6, 6.07) is -2.50. The molecule has 0 saturated carbocycles. The third-order valence-electron chi connectivity index (χ3n) is 21.3. The van der Waals surface area contributed by atoms with Gasteiger partial charge in [-0.05, 0) is 170 Å². The molecule has 0 aliphatic carbocycles. The van der Waals surface area contributed by atoms with Crippen LogP contribution in [0, 0.1) is 49.4 Å². The molecule has 18 atom stereocenters. The topological polar surface area (TPSA) is 469 Å². The van der Waals surface area contributed by atoms with E-state index in [1.165, 1.54) is 40.5 Å². The first-order valence-corrected chi connectivity index (χ1v) is 44.1. The molecule has 0 aromatic carbocycles. The molecule has 8 saturated heterocycles. The molecule has 4 amide bonds. The molecule has 120 heavy (non-hydrogen) atoms. The van der Waals surface area contributed by atoms with Gasteiger partial charge in [0.1, 0.15) is 66.0 Å². The predicted octanol–water partition coefficient (Wildman–Crippen LogP) is 7.51. The average molecular weight is 1750 g/mol. The summed E-state index contributed by atoms with van der Waals surface area (Å²) >= 11 is 5.29. The van der Waals surface area contributed by atoms with Crippen LogP contribution in [-0.2, 0) is 82.1 Å². The summed E-state index contributed by atoms with van der Waals surface area (Å²) in [5, 5.41) is 0. The van der Waals surface area contributed by atoms with Gasteiger partial charge >= 0.3 is 37.3 Å². The number of H-pyrrole nitrogens is 1. The van der Waals surface area contributed by atoms with Gasteiger partial charge in [0, 0.05) is 75.2 Å². The number of ether oxygens (including phenoxy) is 6. The number of nitrogens with one attached hydrogen (secondary N) is 1. The molecule has 0 radical (unpaired) electrons. The second-order valence-corrected chi connectivity index (χ2v) is 45.9. The van der Waals surface area contributed by atoms with Gasteiger partial charge in [-0.25, -0.2) is 23.7 Å². The quantitative estimate of drug-likeness (QED) is 0.0591. The second-order valence-electron chi connectivity index (χ2n) is 41.8. The zero-order valence-electron chi connectivity index (χ0n) is 75.6. The van der Waals surface area contributed by atoms with Crippen molar-refractivity contribution in [3.8, 4) is 0 Å². The Morgan fingerprint density at radius 2 is 0.658 bits per heavy atom. The molecule has 12 heterocycles. The summed E-state index contributed by atoms with van der Waals surface area (Å²) < 4.78 is 78.8. The van der Waals surface area contributed by atoms with Crippen LogP contribution in [0.25, 0.3) is 0 Å². The van der Waals surface area contributed by atoms with Crippen molar-refractivity contribution in [1.82, 2.24) is 57.8 Å². The maximum absolute atomic E-state index is 13.4. The number of likely N-dealkylation sites (N-methyl/N-ethyl adjacent to an activating group) is 4. The number of phosphoric acid groups is 1. The van der Waals surface area contributed by atoms with Crippen LogP contribution in [0.15, 0.2) is 48.8 Å². The van der Waals surface area contributed by atoms with Gasteiger partial charge in [-0.2, -0.15) is 15.0 Å². The highest BCUT2D eigenvalue weighted by atomic mass is 32.5. The zero-order chi connectivity index (χ0) is 91.3. The third-order valence-corrected chi connectivity index (χ3v) is 24.3. The Kier molecular flexibility index (Phi) is 26.0. The van der Waals surface area contributed by atoms with Crippen LogP contribution in [0.3, 0.4) is 0 Å². The summed E-state index contributed by atoms with van der Waals surface area (Å²) in [5.41, 5.74) is 7.57. The monoisotopic (exact) mass is 1750 g/mol. The molecule has 672 valence electrons. The highest BCUT2D eigenvalue weighted by Gasteiger charge is 2.75. The number of hydrogen-bond acceptors (Lipinski definition) is 27. The Bertz CT molecular complexity index is 4890. The number of nitrogen functional groups attached to an aromatic ring is 3. The largest absolute Gasteiger partial charge is 0.473 e. The van der Waals surface area contributed by atoms with Crippen LogP contribution in [0.4, 0.5) is 17.5 Å². The van der Waals surface area contributed by atoms with Crippen molar-refractivity contribution in [2.75, 3.05) is 45.4 Å². The van der Waals surface area contributed by atoms with E-state index in [0.29, 0.717) is 35.1 Å². The Balaban J connectivity index is 0.000000182. The van der Waals surface area contributed by atoms with Crippen LogP contribution in [0.5, 0.6) is 0 Å². The van der Waals surface area contributed by atoms with Gasteiger partial charge in [-0.3, -0.25) is 60.8 Å². The van der Waals surface area contributed by atoms with Gasteiger partial charge in [0.15, 0.2) is 47.3 Å². The summed E-state index contributed by atoms with van der Waals surface area (Å²) in [5.74, 6) is -0.505. The van der Waals surface area contributed by atoms with Crippen LogP contribution < -0.4 is 45.5 Å². The molecular formula is C80H129N15O22P2S. The molecule has 37 nitrogen and oxygen atoms in total. The van der Waals surface area contributed by atoms with E-state index in [-0.39, 0.29) is 70.2 Å². The maximum atomic E-state index is 13.4. The lowest BCUT2D eigenvalue weighted by Gasteiger charge is -2.38. The molecule has 4 aromatic heterocycles. The molecule has 8 fully saturated rings. The van der Waals surface area contributed by atoms with Crippen molar-refractivity contribution in [3.05, 3.63) is 99.3 Å². The van der Waals surface area contributed by atoms with Gasteiger partial charge in [0.2, 0.25) is 0 Å². The van der Waals surface area contributed by atoms with Gasteiger partial charge in [0.05, 0.1) is 22.4 Å². The Morgan fingerprint density at radius 3 is 0.925 bits per heavy atom. The van der Waals surface area contributed by atoms with Gasteiger partial charge in [-0.1, -0.05) is 83.1 Å². The first-order chi connectivity index (χ1) is 54.1. The molecule has 2 unspecified atom stereocenters. The summed E-state index contributed by atoms with van der Waals surface area (Å²) in [6.07, 6.45) is 1.14. The smallest absolute Gasteiger partial charge is 0.383 e. The Hall–Kier alpha value is -7.00. The number of aromatic amines is 1. The molecule has 12 rings (SSSR count). The number of nitrogens with zero attached hydrogens (tertiary/aromatic N) is 11. The molecule has 8 aliphatic heterocycles. The van der Waals surface area contributed by atoms with E-state index in [0.717, 1.165) is 0 Å². The lowest BCUT2D eigenvalue weighted by molar-refractivity contribution is -0.187. The number of morpholine rings is 4. The standard InChI is InChI=1S/C20H33N4O7P.C20H33N4O6PS.C20H32N4O4.C20H31N3O5/c1-11-9-24(17(26)22-14(11)21)15-12-13(30-32(27,28)31-19(5,6)7)20(29-15,10-18(2,3)4)16(25)23(12)8;1-11-9-24(17(26)22-14(11)21)15-12-13(29-31(27,32)30-19(5,6)7)20(28-15,10-18(2,3)4)16(25)23(12)8;1-11-9-24(17(26)22-14(11)21)15-12-13(27-19(5,6)7)20(28-15,10-18(2,3)4)16(25)23(12)8;1-11-9-23(17(26)21-14(11)24)15-12-13(27-19(5,6)7)20(28-15,10-18(2,3)4)16(25)22(12)8/h9,12-13,15H,10H2,1-8H3,(H,27,28)(H2,21,22,26);9,12-13,15H,10H2,1-8H3,(H,27,32)(H2,21,22,26);9,12-13,15H,10H2,1-8H3,(H2,21,22,26);9,12-13,15H,10H2,1-8H3,(H,21,24,26)/t12-,13+,15-,20-;12-,13+,15-,20-,31?;2*12-,13+,15-,20-/m1111/s1. The lowest BCUT2D eigenvalue weighted by atomic mass is 9.79. The number of phosphoric ester groups is 1. The first-order valence-electron chi connectivity index (χ1n) is 40.0. The van der Waals surface area contributed by atoms with Crippen molar-refractivity contribution in [2.45, 2.75) is 338 Å². The number of anilines is 3. The molecule has 8 aliphatic rings. The maximum Gasteiger partial charge on any atom is 0.473 e. The number of carbonyl (C=O) groups is 4. The van der Waals surface area contributed by atoms with Crippen molar-refractivity contribution in [2.24, 2.45) is 21.7 Å². The third kappa shape index (κ3) is 19.7. The Labute approximate surface area is 706 Å². The number of fused-ring (bicyclic) bond motifs is 8. The van der Waals surface area contributed by atoms with Crippen molar-refractivity contribution in [3.63, 3.8) is 0 Å². The number of amides is 4. The van der Waals surface area contributed by atoms with Gasteiger partial charge in [0.25, 0.3) is 29.2 Å². The van der Waals surface area contributed by atoms with Gasteiger partial charge < -0.3 is 79.5 Å². The van der Waals surface area contributed by atoms with Gasteiger partial charge in [-0.15, -0.1) is 0 Å². The minimum Gasteiger partial charge on any atom is -0.383 e. The van der Waals surface area contributed by atoms with Crippen LogP contribution >= 0.6 is 14.5 Å². The average Bonchev–Trinajstić information content (AvgIpc) is 1.54. The van der Waals surface area contributed by atoms with Crippen molar-refractivity contribution in [1.29, 1.82) is 0 Å². The van der Waals surface area contributed by atoms with E-state index >= 15 is 0 Å². The number of hydrogen-bond donors (Lipinski definition) is 6. The van der Waals surface area contributed by atoms with Crippen molar-refractivity contribution < 1.29 is 80.0 Å². The fourth-order valence-electron chi connectivity index (χ4n) is 17.5. The molecule has 9 N–H and O–H groups in total. The summed E-state index contributed by atoms with van der Waals surface area (Å²) in [6.45, 7) is 48.8. The molecule has 40 heteroatoms. The highest BCUT2D eigenvalue weighted by molar-refractivity contribution is 8.07. The molecule has 4 aromatic rings. The van der Waals surface area contributed by atoms with E-state index < -0.39 is 167 Å². The SMILES string of the molecule is Cc1cn([C@@H]2O[C@@]3(CC(C)(C)C)C(=O)N(C)[C@@H]2[C@@H]3OC(C)(C)C)c(=O)[nH]c1=O.Cc1cn([C@@H]2O[C@@]3(CC(C)(C)C)C(=O)N(C)[C@@H]2[C@@H]3OC(C)(C)C)c(=O)nc1N.Cc1cn([C@@H]2O[C@@]3(CC(C)(C)C)C(=O)N(C)[C@@H]2[C@@H]3OP(=O)(O)OC(C)(C)C)c(=O)nc1N.Cc1cn([C@@H]2O[C@@]3(CC(C)(C)C)C(=O)N(C)[C@@H]2[C@@H]3OP(O)(=S)OC(C)(C)C)c(=O)nc1N. The lowest BCUT2D eigenvalue weighted by Crippen LogP contribution is -2.52. The number of likely N-dealkylation sites (tertiary alicyclic amines) is 4. The fourth-order valence-corrected chi connectivity index (χ4v) is 21.1. The van der Waals surface area contributed by atoms with Crippen LogP contribution in [0.2, 0.25) is 0 Å². The summed E-state index contributed by atoms with van der Waals surface area (Å²) in [4.78, 5) is 157. The summed E-state index contributed by atoms with van der Waals surface area (Å²) in [7, 11) is 2.05. The minimum absolute atomic E-state index is 0.0921. The fraction of sp³-hybridized carbons (Fsp3) is 0.750. The van der Waals surface area contributed by atoms with Crippen LogP contribution in [-0.4, -0.2) is 213 Å². The van der Waals surface area contributed by atoms with E-state index in [2.05, 4.69) is 40.7 Å². The highest BCUT2D eigenvalue weighted by Crippen LogP contribution is 2.62. The molecule has 8 bridgehead atoms. The first kappa shape index (κ1) is 96.8. The van der Waals surface area contributed by atoms with E-state index in [1.54, 1.807) is 120 Å².